The van der Waals surface area contributed by atoms with Crippen LogP contribution in [0, 0.1) is 5.92 Å². The predicted octanol–water partition coefficient (Wildman–Crippen LogP) is 3.43. The van der Waals surface area contributed by atoms with E-state index < -0.39 is 0 Å². The summed E-state index contributed by atoms with van der Waals surface area (Å²) in [4.78, 5) is 11.7. The Morgan fingerprint density at radius 3 is 2.57 bits per heavy atom. The van der Waals surface area contributed by atoms with Crippen molar-refractivity contribution in [2.24, 2.45) is 5.92 Å². The fourth-order valence-corrected chi connectivity index (χ4v) is 1.61. The van der Waals surface area contributed by atoms with E-state index in [1.807, 2.05) is 13.0 Å². The minimum absolute atomic E-state index is 0.0222. The summed E-state index contributed by atoms with van der Waals surface area (Å²) in [5, 5.41) is 0. The molecule has 1 rings (SSSR count). The van der Waals surface area contributed by atoms with Gasteiger partial charge >= 0.3 is 0 Å². The molecular formula is C13H18O. The van der Waals surface area contributed by atoms with Gasteiger partial charge < -0.3 is 0 Å². The average molecular weight is 190 g/mol. The third-order valence-electron chi connectivity index (χ3n) is 2.51. The lowest BCUT2D eigenvalue weighted by Gasteiger charge is -2.13. The van der Waals surface area contributed by atoms with Gasteiger partial charge in [0.2, 0.25) is 0 Å². The van der Waals surface area contributed by atoms with Crippen LogP contribution in [0.3, 0.4) is 0 Å². The molecule has 0 aromatic rings. The van der Waals surface area contributed by atoms with Crippen molar-refractivity contribution in [3.05, 3.63) is 36.5 Å². The largest absolute Gasteiger partial charge is 0.299 e. The quantitative estimate of drug-likeness (QED) is 0.579. The van der Waals surface area contributed by atoms with Gasteiger partial charge in [-0.15, -0.1) is 0 Å². The first-order valence-corrected chi connectivity index (χ1v) is 5.20. The summed E-state index contributed by atoms with van der Waals surface area (Å²) < 4.78 is 0. The highest BCUT2D eigenvalue weighted by Crippen LogP contribution is 2.18. The SMILES string of the molecule is C=C(C)C1C/C=C\CC/C=C\CC1=O. The third-order valence-corrected chi connectivity index (χ3v) is 2.51. The summed E-state index contributed by atoms with van der Waals surface area (Å²) in [6, 6.07) is 0. The van der Waals surface area contributed by atoms with Crippen molar-refractivity contribution in [3.63, 3.8) is 0 Å². The topological polar surface area (TPSA) is 17.1 Å². The zero-order valence-corrected chi connectivity index (χ0v) is 8.83. The molecule has 0 amide bonds. The first kappa shape index (κ1) is 11.0. The Hall–Kier alpha value is -1.11. The maximum atomic E-state index is 11.7. The molecule has 0 spiro atoms. The Morgan fingerprint density at radius 1 is 1.29 bits per heavy atom. The van der Waals surface area contributed by atoms with Crippen LogP contribution in [-0.2, 0) is 4.79 Å². The minimum Gasteiger partial charge on any atom is -0.299 e. The number of carbonyl (C=O) groups is 1. The van der Waals surface area contributed by atoms with Gasteiger partial charge in [-0.2, -0.15) is 0 Å². The van der Waals surface area contributed by atoms with Crippen molar-refractivity contribution in [1.82, 2.24) is 0 Å². The van der Waals surface area contributed by atoms with Crippen LogP contribution < -0.4 is 0 Å². The average Bonchev–Trinajstić information content (AvgIpc) is 2.15. The van der Waals surface area contributed by atoms with Crippen LogP contribution in [0.4, 0.5) is 0 Å². The summed E-state index contributed by atoms with van der Waals surface area (Å²) in [5.74, 6) is 0.314. The number of ketones is 1. The van der Waals surface area contributed by atoms with E-state index in [1.54, 1.807) is 0 Å². The Balaban J connectivity index is 2.70. The van der Waals surface area contributed by atoms with Crippen molar-refractivity contribution in [2.45, 2.75) is 32.6 Å². The van der Waals surface area contributed by atoms with Crippen LogP contribution in [-0.4, -0.2) is 5.78 Å². The Labute approximate surface area is 86.2 Å². The second-order valence-corrected chi connectivity index (χ2v) is 3.83. The summed E-state index contributed by atoms with van der Waals surface area (Å²) in [7, 11) is 0. The first-order valence-electron chi connectivity index (χ1n) is 5.20. The van der Waals surface area contributed by atoms with E-state index in [0.29, 0.717) is 12.2 Å². The van der Waals surface area contributed by atoms with Gasteiger partial charge in [0.25, 0.3) is 0 Å². The Kier molecular flexibility index (Phi) is 4.37. The number of hydrogen-bond acceptors (Lipinski definition) is 1. The van der Waals surface area contributed by atoms with Gasteiger partial charge in [0.05, 0.1) is 0 Å². The number of Topliss-reactive ketones (excluding diaryl/α,β-unsaturated/α-hetero) is 1. The molecule has 0 radical (unpaired) electrons. The molecule has 1 unspecified atom stereocenters. The van der Waals surface area contributed by atoms with Gasteiger partial charge in [0, 0.05) is 12.3 Å². The Bertz CT molecular complexity index is 271. The lowest BCUT2D eigenvalue weighted by Crippen LogP contribution is -2.14. The zero-order valence-electron chi connectivity index (χ0n) is 8.83. The molecule has 0 bridgehead atoms. The maximum Gasteiger partial charge on any atom is 0.144 e. The van der Waals surface area contributed by atoms with Crippen molar-refractivity contribution < 1.29 is 4.79 Å². The second-order valence-electron chi connectivity index (χ2n) is 3.83. The van der Waals surface area contributed by atoms with Gasteiger partial charge in [-0.05, 0) is 26.2 Å². The monoisotopic (exact) mass is 190 g/mol. The van der Waals surface area contributed by atoms with Crippen molar-refractivity contribution in [2.75, 3.05) is 0 Å². The van der Waals surface area contributed by atoms with Crippen molar-refractivity contribution in [1.29, 1.82) is 0 Å². The molecule has 14 heavy (non-hydrogen) atoms. The van der Waals surface area contributed by atoms with Crippen LogP contribution in [0.25, 0.3) is 0 Å². The molecule has 0 heterocycles. The number of hydrogen-bond donors (Lipinski definition) is 0. The van der Waals surface area contributed by atoms with E-state index in [2.05, 4.69) is 24.8 Å². The van der Waals surface area contributed by atoms with E-state index >= 15 is 0 Å². The number of allylic oxidation sites excluding steroid dienone is 5. The Morgan fingerprint density at radius 2 is 1.93 bits per heavy atom. The number of rotatable bonds is 1. The van der Waals surface area contributed by atoms with E-state index in [4.69, 9.17) is 0 Å². The zero-order chi connectivity index (χ0) is 10.4. The molecule has 1 nitrogen and oxygen atoms in total. The fraction of sp³-hybridized carbons (Fsp3) is 0.462. The van der Waals surface area contributed by atoms with Gasteiger partial charge in [-0.25, -0.2) is 0 Å². The molecule has 1 heteroatoms. The molecule has 0 aliphatic heterocycles. The third kappa shape index (κ3) is 3.33. The molecular weight excluding hydrogens is 172 g/mol. The molecule has 0 saturated heterocycles. The lowest BCUT2D eigenvalue weighted by molar-refractivity contribution is -0.120. The van der Waals surface area contributed by atoms with Crippen LogP contribution in [0.5, 0.6) is 0 Å². The van der Waals surface area contributed by atoms with Crippen LogP contribution >= 0.6 is 0 Å². The first-order chi connectivity index (χ1) is 6.72. The summed E-state index contributed by atoms with van der Waals surface area (Å²) in [6.45, 7) is 5.81. The predicted molar refractivity (Wildman–Crippen MR) is 60.1 cm³/mol. The van der Waals surface area contributed by atoms with Gasteiger partial charge in [-0.3, -0.25) is 4.79 Å². The van der Waals surface area contributed by atoms with E-state index in [9.17, 15) is 4.79 Å². The summed E-state index contributed by atoms with van der Waals surface area (Å²) >= 11 is 0. The molecule has 0 N–H and O–H groups in total. The molecule has 1 aliphatic carbocycles. The van der Waals surface area contributed by atoms with Crippen LogP contribution in [0.2, 0.25) is 0 Å². The van der Waals surface area contributed by atoms with Crippen LogP contribution in [0.1, 0.15) is 32.6 Å². The minimum atomic E-state index is 0.0222. The normalized spacial score (nSPS) is 28.1. The molecule has 76 valence electrons. The highest BCUT2D eigenvalue weighted by atomic mass is 16.1. The molecule has 0 fully saturated rings. The lowest BCUT2D eigenvalue weighted by atomic mass is 9.90. The smallest absolute Gasteiger partial charge is 0.144 e. The summed E-state index contributed by atoms with van der Waals surface area (Å²) in [6.07, 6.45) is 11.8. The van der Waals surface area contributed by atoms with E-state index in [1.165, 1.54) is 0 Å². The molecule has 0 aromatic heterocycles. The maximum absolute atomic E-state index is 11.7. The molecule has 0 saturated carbocycles. The van der Waals surface area contributed by atoms with Gasteiger partial charge in [-0.1, -0.05) is 36.5 Å². The van der Waals surface area contributed by atoms with Gasteiger partial charge in [0.1, 0.15) is 5.78 Å². The second kappa shape index (κ2) is 5.58. The highest BCUT2D eigenvalue weighted by molar-refractivity contribution is 5.84. The fourth-order valence-electron chi connectivity index (χ4n) is 1.61. The van der Waals surface area contributed by atoms with Crippen molar-refractivity contribution in [3.8, 4) is 0 Å². The highest BCUT2D eigenvalue weighted by Gasteiger charge is 2.16. The molecule has 1 aliphatic rings. The summed E-state index contributed by atoms with van der Waals surface area (Å²) in [5.41, 5.74) is 0.980. The number of carbonyl (C=O) groups excluding carboxylic acids is 1. The van der Waals surface area contributed by atoms with Crippen LogP contribution in [0.15, 0.2) is 36.5 Å². The standard InChI is InChI=1S/C13H18O/c1-11(2)12-9-7-5-3-4-6-8-10-13(12)14/h5-8,12H,1,3-4,9-10H2,2H3/b7-5-,8-6-. The van der Waals surface area contributed by atoms with E-state index in [-0.39, 0.29) is 5.92 Å². The van der Waals surface area contributed by atoms with Gasteiger partial charge in [0.15, 0.2) is 0 Å². The molecule has 0 aromatic carbocycles. The molecule has 1 atom stereocenters. The van der Waals surface area contributed by atoms with E-state index in [0.717, 1.165) is 24.8 Å². The van der Waals surface area contributed by atoms with Crippen molar-refractivity contribution >= 4 is 5.78 Å².